The van der Waals surface area contributed by atoms with Crippen LogP contribution in [0.4, 0.5) is 4.79 Å². The number of nitrogens with zero attached hydrogens (tertiary/aromatic N) is 4. The average molecular weight is 411 g/mol. The summed E-state index contributed by atoms with van der Waals surface area (Å²) < 4.78 is 31.4. The Morgan fingerprint density at radius 3 is 2.46 bits per heavy atom. The van der Waals surface area contributed by atoms with E-state index in [1.807, 2.05) is 0 Å². The Bertz CT molecular complexity index is 996. The predicted octanol–water partition coefficient (Wildman–Crippen LogP) is 0.229. The molecule has 0 aliphatic carbocycles. The molecule has 0 aliphatic rings. The maximum Gasteiger partial charge on any atom is 0.427 e. The minimum atomic E-state index is -4.59. The van der Waals surface area contributed by atoms with Crippen molar-refractivity contribution in [2.45, 2.75) is 20.0 Å². The third-order valence-electron chi connectivity index (χ3n) is 3.34. The highest BCUT2D eigenvalue weighted by Gasteiger charge is 2.24. The monoisotopic (exact) mass is 411 g/mol. The second-order valence-electron chi connectivity index (χ2n) is 5.45. The maximum atomic E-state index is 12.3. The Morgan fingerprint density at radius 1 is 1.18 bits per heavy atom. The van der Waals surface area contributed by atoms with Crippen LogP contribution in [0.15, 0.2) is 24.3 Å². The lowest BCUT2D eigenvalue weighted by atomic mass is 10.1. The van der Waals surface area contributed by atoms with Gasteiger partial charge in [0.1, 0.15) is 5.82 Å². The van der Waals surface area contributed by atoms with Gasteiger partial charge < -0.3 is 14.0 Å². The van der Waals surface area contributed by atoms with E-state index in [2.05, 4.69) is 19.1 Å². The molecule has 2 rings (SSSR count). The van der Waals surface area contributed by atoms with Crippen molar-refractivity contribution in [3.05, 3.63) is 47.0 Å². The van der Waals surface area contributed by atoms with Crippen molar-refractivity contribution >= 4 is 22.4 Å². The lowest BCUT2D eigenvalue weighted by Crippen LogP contribution is -2.35. The SMILES string of the molecule is COc1nc(C)nc(CN(Cc2ccccc2C(=O)O)C(=O)OS(N)(=O)=O)n1. The number of carboxylic acids is 1. The fraction of sp³-hybridized carbons (Fsp3) is 0.267. The molecule has 0 atom stereocenters. The topological polar surface area (TPSA) is 175 Å². The van der Waals surface area contributed by atoms with Crippen LogP contribution in [-0.2, 0) is 27.6 Å². The van der Waals surface area contributed by atoms with Crippen LogP contribution in [0.2, 0.25) is 0 Å². The second kappa shape index (κ2) is 8.58. The fourth-order valence-corrected chi connectivity index (χ4v) is 2.56. The molecule has 1 aromatic carbocycles. The molecule has 13 heteroatoms. The Hall–Kier alpha value is -3.32. The molecule has 0 bridgehead atoms. The molecule has 0 radical (unpaired) electrons. The number of ether oxygens (including phenoxy) is 1. The number of aromatic carboxylic acids is 1. The van der Waals surface area contributed by atoms with Crippen molar-refractivity contribution in [3.8, 4) is 6.01 Å². The van der Waals surface area contributed by atoms with E-state index in [0.717, 1.165) is 4.90 Å². The lowest BCUT2D eigenvalue weighted by molar-refractivity contribution is 0.0693. The van der Waals surface area contributed by atoms with E-state index in [1.54, 1.807) is 13.0 Å². The number of nitrogens with two attached hydrogens (primary N) is 1. The molecule has 0 fully saturated rings. The Morgan fingerprint density at radius 2 is 1.86 bits per heavy atom. The number of hydrogen-bond donors (Lipinski definition) is 2. The highest BCUT2D eigenvalue weighted by Crippen LogP contribution is 2.15. The third kappa shape index (κ3) is 5.85. The lowest BCUT2D eigenvalue weighted by Gasteiger charge is -2.21. The Labute approximate surface area is 160 Å². The number of hydrogen-bond acceptors (Lipinski definition) is 9. The van der Waals surface area contributed by atoms with Gasteiger partial charge in [0.05, 0.1) is 25.8 Å². The average Bonchev–Trinajstić information content (AvgIpc) is 2.59. The molecule has 1 aromatic heterocycles. The zero-order valence-electron chi connectivity index (χ0n) is 14.9. The van der Waals surface area contributed by atoms with Gasteiger partial charge in [-0.25, -0.2) is 14.6 Å². The van der Waals surface area contributed by atoms with Crippen LogP contribution in [0.25, 0.3) is 0 Å². The number of carbonyl (C=O) groups is 2. The Balaban J connectivity index is 2.39. The van der Waals surface area contributed by atoms with Crippen LogP contribution in [0.3, 0.4) is 0 Å². The van der Waals surface area contributed by atoms with Gasteiger partial charge in [0.15, 0.2) is 5.82 Å². The first kappa shape index (κ1) is 21.0. The van der Waals surface area contributed by atoms with Crippen LogP contribution < -0.4 is 9.88 Å². The summed E-state index contributed by atoms with van der Waals surface area (Å²) in [5, 5.41) is 14.1. The highest BCUT2D eigenvalue weighted by atomic mass is 32.2. The van der Waals surface area contributed by atoms with Gasteiger partial charge in [-0.15, -0.1) is 0 Å². The van der Waals surface area contributed by atoms with Gasteiger partial charge in [0.2, 0.25) is 0 Å². The number of aromatic nitrogens is 3. The number of rotatable bonds is 7. The minimum absolute atomic E-state index is 0.00630. The number of methoxy groups -OCH3 is 1. The van der Waals surface area contributed by atoms with Crippen molar-refractivity contribution < 1.29 is 32.0 Å². The number of aryl methyl sites for hydroxylation is 1. The number of amides is 1. The Kier molecular flexibility index (Phi) is 6.43. The molecule has 28 heavy (non-hydrogen) atoms. The molecule has 0 aliphatic heterocycles. The molecule has 0 unspecified atom stereocenters. The molecule has 2 aromatic rings. The second-order valence-corrected chi connectivity index (χ2v) is 6.60. The van der Waals surface area contributed by atoms with Crippen molar-refractivity contribution in [1.29, 1.82) is 0 Å². The minimum Gasteiger partial charge on any atom is -0.478 e. The van der Waals surface area contributed by atoms with E-state index in [-0.39, 0.29) is 36.1 Å². The molecule has 1 heterocycles. The molecule has 0 spiro atoms. The fourth-order valence-electron chi connectivity index (χ4n) is 2.25. The first-order valence-corrected chi connectivity index (χ1v) is 9.14. The largest absolute Gasteiger partial charge is 0.478 e. The molecule has 150 valence electrons. The summed E-state index contributed by atoms with van der Waals surface area (Å²) in [7, 11) is -3.24. The highest BCUT2D eigenvalue weighted by molar-refractivity contribution is 7.84. The van der Waals surface area contributed by atoms with E-state index in [1.165, 1.54) is 25.3 Å². The van der Waals surface area contributed by atoms with Gasteiger partial charge in [0, 0.05) is 0 Å². The molecule has 1 amide bonds. The zero-order chi connectivity index (χ0) is 20.9. The first-order chi connectivity index (χ1) is 13.1. The number of carbonyl (C=O) groups excluding carboxylic acids is 1. The van der Waals surface area contributed by atoms with Crippen molar-refractivity contribution in [3.63, 3.8) is 0 Å². The van der Waals surface area contributed by atoms with Gasteiger partial charge in [0.25, 0.3) is 0 Å². The molecule has 0 saturated carbocycles. The summed E-state index contributed by atoms with van der Waals surface area (Å²) in [5.74, 6) is -0.843. The zero-order valence-corrected chi connectivity index (χ0v) is 15.7. The van der Waals surface area contributed by atoms with E-state index in [0.29, 0.717) is 5.82 Å². The summed E-state index contributed by atoms with van der Waals surface area (Å²) in [5.41, 5.74) is 0.166. The van der Waals surface area contributed by atoms with Gasteiger partial charge in [-0.2, -0.15) is 23.5 Å². The van der Waals surface area contributed by atoms with E-state index in [9.17, 15) is 23.1 Å². The molecule has 12 nitrogen and oxygen atoms in total. The van der Waals surface area contributed by atoms with Crippen molar-refractivity contribution in [2.75, 3.05) is 7.11 Å². The normalized spacial score (nSPS) is 11.0. The van der Waals surface area contributed by atoms with Gasteiger partial charge >= 0.3 is 28.4 Å². The number of benzene rings is 1. The quantitative estimate of drug-likeness (QED) is 0.641. The summed E-state index contributed by atoms with van der Waals surface area (Å²) in [6.45, 7) is 0.951. The third-order valence-corrected chi connectivity index (χ3v) is 3.72. The van der Waals surface area contributed by atoms with Gasteiger partial charge in [-0.1, -0.05) is 18.2 Å². The predicted molar refractivity (Wildman–Crippen MR) is 93.4 cm³/mol. The molecular weight excluding hydrogens is 394 g/mol. The van der Waals surface area contributed by atoms with E-state index >= 15 is 0 Å². The summed E-state index contributed by atoms with van der Waals surface area (Å²) in [6, 6.07) is 5.89. The first-order valence-electron chi connectivity index (χ1n) is 7.67. The van der Waals surface area contributed by atoms with Crippen molar-refractivity contribution in [2.24, 2.45) is 5.14 Å². The standard InChI is InChI=1S/C15H17N5O7S/c1-9-17-12(19-14(18-9)26-2)8-20(15(23)27-28(16,24)25)7-10-5-3-4-6-11(10)13(21)22/h3-6H,7-8H2,1-2H3,(H,21,22)(H2,16,24,25). The summed E-state index contributed by atoms with van der Waals surface area (Å²) >= 11 is 0. The van der Waals surface area contributed by atoms with Crippen LogP contribution in [-0.4, -0.2) is 52.5 Å². The van der Waals surface area contributed by atoms with E-state index < -0.39 is 22.4 Å². The van der Waals surface area contributed by atoms with Gasteiger partial charge in [-0.05, 0) is 18.6 Å². The molecule has 0 saturated heterocycles. The van der Waals surface area contributed by atoms with Crippen molar-refractivity contribution in [1.82, 2.24) is 19.9 Å². The molecular formula is C15H17N5O7S. The number of carboxylic acid groups (broad SMARTS) is 1. The molecule has 3 N–H and O–H groups in total. The van der Waals surface area contributed by atoms with Crippen LogP contribution in [0.1, 0.15) is 27.6 Å². The van der Waals surface area contributed by atoms with Gasteiger partial charge in [-0.3, -0.25) is 4.90 Å². The van der Waals surface area contributed by atoms with Crippen LogP contribution >= 0.6 is 0 Å². The smallest absolute Gasteiger partial charge is 0.427 e. The van der Waals surface area contributed by atoms with Crippen LogP contribution in [0, 0.1) is 6.92 Å². The summed E-state index contributed by atoms with van der Waals surface area (Å²) in [4.78, 5) is 36.5. The van der Waals surface area contributed by atoms with Crippen LogP contribution in [0.5, 0.6) is 6.01 Å². The summed E-state index contributed by atoms with van der Waals surface area (Å²) in [6.07, 6.45) is -1.32. The maximum absolute atomic E-state index is 12.3. The van der Waals surface area contributed by atoms with E-state index in [4.69, 9.17) is 9.88 Å².